The lowest BCUT2D eigenvalue weighted by atomic mass is 10.2. The molecule has 0 saturated heterocycles. The van der Waals surface area contributed by atoms with Gasteiger partial charge in [-0.25, -0.2) is 0 Å². The molecule has 0 aromatic carbocycles. The van der Waals surface area contributed by atoms with Crippen molar-refractivity contribution in [2.24, 2.45) is 0 Å². The molecule has 0 fully saturated rings. The van der Waals surface area contributed by atoms with Gasteiger partial charge in [-0.15, -0.1) is 0 Å². The quantitative estimate of drug-likeness (QED) is 0.250. The first-order valence-corrected chi connectivity index (χ1v) is 10.6. The first kappa shape index (κ1) is 26.7. The van der Waals surface area contributed by atoms with E-state index in [2.05, 4.69) is 5.32 Å². The lowest BCUT2D eigenvalue weighted by Gasteiger charge is -2.32. The highest BCUT2D eigenvalue weighted by Gasteiger charge is 2.32. The average molecular weight is 394 g/mol. The van der Waals surface area contributed by atoms with E-state index in [1.165, 1.54) is 0 Å². The summed E-state index contributed by atoms with van der Waals surface area (Å²) in [6, 6.07) is 0. The van der Waals surface area contributed by atoms with Crippen molar-refractivity contribution in [3.05, 3.63) is 0 Å². The van der Waals surface area contributed by atoms with E-state index in [1.54, 1.807) is 0 Å². The van der Waals surface area contributed by atoms with Crippen molar-refractivity contribution in [3.63, 3.8) is 0 Å². The van der Waals surface area contributed by atoms with Crippen LogP contribution in [0.1, 0.15) is 67.2 Å². The van der Waals surface area contributed by atoms with Gasteiger partial charge in [-0.05, 0) is 67.5 Å². The molecule has 0 rings (SSSR count). The van der Waals surface area contributed by atoms with Crippen molar-refractivity contribution in [1.82, 2.24) is 5.32 Å². The van der Waals surface area contributed by atoms with Gasteiger partial charge in [0.15, 0.2) is 0 Å². The molecule has 0 bridgehead atoms. The monoisotopic (exact) mass is 393 g/mol. The van der Waals surface area contributed by atoms with Crippen molar-refractivity contribution in [2.45, 2.75) is 79.2 Å². The molecule has 0 aliphatic heterocycles. The maximum Gasteiger partial charge on any atom is 0.282 e. The molecule has 0 radical (unpaired) electrons. The highest BCUT2D eigenvalue weighted by atomic mass is 16.9. The first-order valence-electron chi connectivity index (χ1n) is 10.6. The minimum Gasteiger partial charge on any atom is -0.328 e. The fraction of sp³-hybridized carbons (Fsp3) is 1.00. The van der Waals surface area contributed by atoms with E-state index in [-0.39, 0.29) is 0 Å². The zero-order chi connectivity index (χ0) is 20.4. The Bertz CT molecular complexity index is 266. The van der Waals surface area contributed by atoms with Crippen LogP contribution in [-0.2, 0) is 28.4 Å². The van der Waals surface area contributed by atoms with E-state index in [9.17, 15) is 0 Å². The summed E-state index contributed by atoms with van der Waals surface area (Å²) >= 11 is 0. The van der Waals surface area contributed by atoms with Crippen LogP contribution in [0, 0.1) is 0 Å². The van der Waals surface area contributed by atoms with Crippen LogP contribution in [0.15, 0.2) is 0 Å². The Labute approximate surface area is 166 Å². The predicted molar refractivity (Wildman–Crippen MR) is 107 cm³/mol. The molecule has 0 aromatic rings. The van der Waals surface area contributed by atoms with Gasteiger partial charge in [-0.2, -0.15) is 0 Å². The van der Waals surface area contributed by atoms with Gasteiger partial charge in [0.2, 0.25) is 0 Å². The Balaban J connectivity index is 4.24. The molecular weight excluding hydrogens is 350 g/mol. The zero-order valence-corrected chi connectivity index (χ0v) is 18.4. The number of rotatable bonds is 20. The number of hydrogen-bond donors (Lipinski definition) is 1. The summed E-state index contributed by atoms with van der Waals surface area (Å²) in [7, 11) is 0. The summed E-state index contributed by atoms with van der Waals surface area (Å²) in [5.41, 5.74) is 0. The van der Waals surface area contributed by atoms with Gasteiger partial charge in [0.25, 0.3) is 11.9 Å². The molecule has 0 saturated carbocycles. The fourth-order valence-corrected chi connectivity index (χ4v) is 2.99. The summed E-state index contributed by atoms with van der Waals surface area (Å²) in [5, 5.41) is 3.45. The summed E-state index contributed by atoms with van der Waals surface area (Å²) in [4.78, 5) is 0. The third-order valence-corrected chi connectivity index (χ3v) is 3.86. The highest BCUT2D eigenvalue weighted by molar-refractivity contribution is 4.63. The lowest BCUT2D eigenvalue weighted by Crippen LogP contribution is -2.41. The standard InChI is InChI=1S/C20H43NO6/c1-7-22-19(23-8-2,24-9-3)15-13-17-21-18-14-16-20(25-10-4,26-11-5)27-12-6/h21H,7-18H2,1-6H3. The van der Waals surface area contributed by atoms with Gasteiger partial charge < -0.3 is 33.7 Å². The van der Waals surface area contributed by atoms with E-state index in [1.807, 2.05) is 41.5 Å². The summed E-state index contributed by atoms with van der Waals surface area (Å²) in [6.07, 6.45) is 3.17. The molecule has 164 valence electrons. The zero-order valence-electron chi connectivity index (χ0n) is 18.4. The average Bonchev–Trinajstić information content (AvgIpc) is 2.62. The molecule has 0 aliphatic rings. The van der Waals surface area contributed by atoms with Crippen molar-refractivity contribution in [3.8, 4) is 0 Å². The summed E-state index contributed by atoms with van der Waals surface area (Å²) in [6.45, 7) is 16.8. The maximum absolute atomic E-state index is 5.74. The van der Waals surface area contributed by atoms with Crippen LogP contribution in [0.3, 0.4) is 0 Å². The molecule has 0 unspecified atom stereocenters. The van der Waals surface area contributed by atoms with Crippen LogP contribution in [0.25, 0.3) is 0 Å². The van der Waals surface area contributed by atoms with Gasteiger partial charge in [0.05, 0.1) is 0 Å². The van der Waals surface area contributed by atoms with Gasteiger partial charge >= 0.3 is 0 Å². The van der Waals surface area contributed by atoms with E-state index in [0.29, 0.717) is 52.5 Å². The SMILES string of the molecule is CCOC(CCCNCCCC(OCC)(OCC)OCC)(OCC)OCC. The summed E-state index contributed by atoms with van der Waals surface area (Å²) in [5.74, 6) is -1.85. The number of hydrogen-bond acceptors (Lipinski definition) is 7. The molecule has 7 heteroatoms. The van der Waals surface area contributed by atoms with Crippen LogP contribution in [0.5, 0.6) is 0 Å². The topological polar surface area (TPSA) is 67.4 Å². The van der Waals surface area contributed by atoms with E-state index in [4.69, 9.17) is 28.4 Å². The molecule has 0 spiro atoms. The first-order chi connectivity index (χ1) is 13.1. The third-order valence-electron chi connectivity index (χ3n) is 3.86. The Hall–Kier alpha value is -0.280. The summed E-state index contributed by atoms with van der Waals surface area (Å²) < 4.78 is 34.5. The molecule has 1 N–H and O–H groups in total. The Morgan fingerprint density at radius 1 is 0.481 bits per heavy atom. The molecule has 0 aliphatic carbocycles. The Morgan fingerprint density at radius 3 is 0.963 bits per heavy atom. The molecule has 27 heavy (non-hydrogen) atoms. The third kappa shape index (κ3) is 11.3. The molecular formula is C20H43NO6. The lowest BCUT2D eigenvalue weighted by molar-refractivity contribution is -0.380. The second-order valence-electron chi connectivity index (χ2n) is 5.92. The van der Waals surface area contributed by atoms with Crippen molar-refractivity contribution in [2.75, 3.05) is 52.7 Å². The van der Waals surface area contributed by atoms with Crippen LogP contribution >= 0.6 is 0 Å². The van der Waals surface area contributed by atoms with E-state index in [0.717, 1.165) is 25.9 Å². The Kier molecular flexibility index (Phi) is 16.5. The largest absolute Gasteiger partial charge is 0.328 e. The Morgan fingerprint density at radius 2 is 0.741 bits per heavy atom. The van der Waals surface area contributed by atoms with Crippen molar-refractivity contribution >= 4 is 0 Å². The van der Waals surface area contributed by atoms with Crippen LogP contribution < -0.4 is 5.32 Å². The molecule has 0 amide bonds. The maximum atomic E-state index is 5.74. The molecule has 0 heterocycles. The minimum atomic E-state index is -0.923. The van der Waals surface area contributed by atoms with Crippen LogP contribution in [0.2, 0.25) is 0 Å². The van der Waals surface area contributed by atoms with Crippen LogP contribution in [-0.4, -0.2) is 64.7 Å². The van der Waals surface area contributed by atoms with E-state index >= 15 is 0 Å². The second kappa shape index (κ2) is 16.7. The number of ether oxygens (including phenoxy) is 6. The predicted octanol–water partition coefficient (Wildman–Crippen LogP) is 3.66. The molecule has 7 nitrogen and oxygen atoms in total. The van der Waals surface area contributed by atoms with E-state index < -0.39 is 11.9 Å². The smallest absolute Gasteiger partial charge is 0.282 e. The molecule has 0 aromatic heterocycles. The second-order valence-corrected chi connectivity index (χ2v) is 5.92. The number of nitrogens with one attached hydrogen (secondary N) is 1. The highest BCUT2D eigenvalue weighted by Crippen LogP contribution is 2.23. The van der Waals surface area contributed by atoms with Gasteiger partial charge in [0, 0.05) is 52.5 Å². The molecule has 0 atom stereocenters. The van der Waals surface area contributed by atoms with Crippen LogP contribution in [0.4, 0.5) is 0 Å². The van der Waals surface area contributed by atoms with Gasteiger partial charge in [0.1, 0.15) is 0 Å². The van der Waals surface area contributed by atoms with Crippen molar-refractivity contribution < 1.29 is 28.4 Å². The van der Waals surface area contributed by atoms with Crippen molar-refractivity contribution in [1.29, 1.82) is 0 Å². The minimum absolute atomic E-state index is 0.557. The normalized spacial score (nSPS) is 12.7. The van der Waals surface area contributed by atoms with Gasteiger partial charge in [-0.3, -0.25) is 0 Å². The fourth-order valence-electron chi connectivity index (χ4n) is 2.99. The van der Waals surface area contributed by atoms with Gasteiger partial charge in [-0.1, -0.05) is 0 Å².